The van der Waals surface area contributed by atoms with Crippen LogP contribution in [0.3, 0.4) is 0 Å². The molecule has 0 saturated heterocycles. The molecule has 0 bridgehead atoms. The van der Waals surface area contributed by atoms with E-state index < -0.39 is 5.63 Å². The molecule has 0 amide bonds. The summed E-state index contributed by atoms with van der Waals surface area (Å²) in [5, 5.41) is 10.3. The third-order valence-electron chi connectivity index (χ3n) is 2.97. The van der Waals surface area contributed by atoms with Crippen molar-refractivity contribution in [1.29, 1.82) is 0 Å². The van der Waals surface area contributed by atoms with E-state index in [0.717, 1.165) is 15.8 Å². The fourth-order valence-corrected chi connectivity index (χ4v) is 2.83. The van der Waals surface area contributed by atoms with Gasteiger partial charge in [0.1, 0.15) is 17.2 Å². The van der Waals surface area contributed by atoms with Crippen LogP contribution in [0.1, 0.15) is 5.56 Å². The topological polar surface area (TPSA) is 89.4 Å². The fourth-order valence-electron chi connectivity index (χ4n) is 1.98. The average molecular weight is 300 g/mol. The first-order valence-corrected chi connectivity index (χ1v) is 7.20. The predicted octanol–water partition coefficient (Wildman–Crippen LogP) is 2.77. The minimum atomic E-state index is -0.431. The lowest BCUT2D eigenvalue weighted by Gasteiger charge is -2.06. The molecule has 3 rings (SSSR count). The van der Waals surface area contributed by atoms with Gasteiger partial charge in [-0.1, -0.05) is 0 Å². The van der Waals surface area contributed by atoms with E-state index in [1.54, 1.807) is 36.2 Å². The molecule has 3 aromatic rings. The molecule has 0 atom stereocenters. The van der Waals surface area contributed by atoms with Crippen LogP contribution in [0.2, 0.25) is 0 Å². The van der Waals surface area contributed by atoms with E-state index in [1.807, 2.05) is 6.07 Å². The Morgan fingerprint density at radius 3 is 2.86 bits per heavy atom. The van der Waals surface area contributed by atoms with Gasteiger partial charge >= 0.3 is 5.63 Å². The Bertz CT molecular complexity index is 844. The van der Waals surface area contributed by atoms with Gasteiger partial charge in [-0.15, -0.1) is 11.8 Å². The van der Waals surface area contributed by atoms with Crippen molar-refractivity contribution in [3.8, 4) is 5.75 Å². The molecule has 0 spiro atoms. The van der Waals surface area contributed by atoms with Crippen LogP contribution in [-0.4, -0.2) is 10.1 Å². The number of fused-ring (bicyclic) bond motifs is 1. The maximum absolute atomic E-state index is 11.6. The van der Waals surface area contributed by atoms with E-state index >= 15 is 0 Å². The number of anilines is 1. The van der Waals surface area contributed by atoms with Crippen LogP contribution in [-0.2, 0) is 5.75 Å². The standard InChI is InChI=1S/C15H12N2O3S/c16-14-4-2-11(7-17-14)21-8-9-5-15(19)20-13-6-10(18)1-3-12(9)13/h1-7,18H,8H2,(H2,16,17). The second-order valence-electron chi connectivity index (χ2n) is 4.48. The normalized spacial score (nSPS) is 10.9. The zero-order chi connectivity index (χ0) is 14.8. The summed E-state index contributed by atoms with van der Waals surface area (Å²) in [5.74, 6) is 1.14. The summed E-state index contributed by atoms with van der Waals surface area (Å²) in [5.41, 5.74) is 6.35. The highest BCUT2D eigenvalue weighted by atomic mass is 32.2. The lowest BCUT2D eigenvalue weighted by atomic mass is 10.1. The van der Waals surface area contributed by atoms with Crippen molar-refractivity contribution in [2.45, 2.75) is 10.6 Å². The first kappa shape index (κ1) is 13.5. The Kier molecular flexibility index (Phi) is 3.53. The molecule has 21 heavy (non-hydrogen) atoms. The quantitative estimate of drug-likeness (QED) is 0.571. The second kappa shape index (κ2) is 5.49. The van der Waals surface area contributed by atoms with Crippen molar-refractivity contribution in [2.24, 2.45) is 0 Å². The highest BCUT2D eigenvalue weighted by molar-refractivity contribution is 7.98. The number of phenols is 1. The van der Waals surface area contributed by atoms with Gasteiger partial charge in [0.25, 0.3) is 0 Å². The average Bonchev–Trinajstić information content (AvgIpc) is 2.45. The molecule has 0 aliphatic heterocycles. The van der Waals surface area contributed by atoms with E-state index in [4.69, 9.17) is 10.2 Å². The minimum Gasteiger partial charge on any atom is -0.508 e. The monoisotopic (exact) mass is 300 g/mol. The second-order valence-corrected chi connectivity index (χ2v) is 5.53. The van der Waals surface area contributed by atoms with Crippen molar-refractivity contribution in [3.63, 3.8) is 0 Å². The summed E-state index contributed by atoms with van der Waals surface area (Å²) in [4.78, 5) is 16.6. The molecule has 0 aliphatic carbocycles. The Morgan fingerprint density at radius 1 is 1.24 bits per heavy atom. The maximum Gasteiger partial charge on any atom is 0.336 e. The summed E-state index contributed by atoms with van der Waals surface area (Å²) >= 11 is 1.55. The Balaban J connectivity index is 1.93. The van der Waals surface area contributed by atoms with Gasteiger partial charge in [-0.2, -0.15) is 0 Å². The largest absolute Gasteiger partial charge is 0.508 e. The number of aromatic nitrogens is 1. The molecule has 0 aliphatic rings. The molecule has 2 aromatic heterocycles. The van der Waals surface area contributed by atoms with E-state index in [9.17, 15) is 9.90 Å². The van der Waals surface area contributed by atoms with Crippen molar-refractivity contribution in [3.05, 3.63) is 58.6 Å². The first-order valence-electron chi connectivity index (χ1n) is 6.22. The van der Waals surface area contributed by atoms with Gasteiger partial charge in [0.05, 0.1) is 0 Å². The summed E-state index contributed by atoms with van der Waals surface area (Å²) < 4.78 is 5.10. The van der Waals surface area contributed by atoms with E-state index in [0.29, 0.717) is 17.2 Å². The minimum absolute atomic E-state index is 0.0678. The van der Waals surface area contributed by atoms with Crippen LogP contribution in [0.4, 0.5) is 5.82 Å². The molecule has 6 heteroatoms. The number of aromatic hydroxyl groups is 1. The number of thioether (sulfide) groups is 1. The van der Waals surface area contributed by atoms with Crippen LogP contribution in [0, 0.1) is 0 Å². The van der Waals surface area contributed by atoms with Gasteiger partial charge in [0.15, 0.2) is 0 Å². The van der Waals surface area contributed by atoms with Gasteiger partial charge in [-0.25, -0.2) is 9.78 Å². The molecular formula is C15H12N2O3S. The number of rotatable bonds is 3. The number of nitrogens with two attached hydrogens (primary N) is 1. The number of nitrogen functional groups attached to an aromatic ring is 1. The first-order chi connectivity index (χ1) is 10.1. The van der Waals surface area contributed by atoms with Crippen molar-refractivity contribution in [1.82, 2.24) is 4.98 Å². The molecular weight excluding hydrogens is 288 g/mol. The van der Waals surface area contributed by atoms with Gasteiger partial charge in [-0.3, -0.25) is 0 Å². The zero-order valence-corrected chi connectivity index (χ0v) is 11.8. The molecule has 2 heterocycles. The SMILES string of the molecule is Nc1ccc(SCc2cc(=O)oc3cc(O)ccc23)cn1. The summed E-state index contributed by atoms with van der Waals surface area (Å²) in [6.07, 6.45) is 1.69. The number of hydrogen-bond acceptors (Lipinski definition) is 6. The Labute approximate surface area is 124 Å². The van der Waals surface area contributed by atoms with Gasteiger partial charge < -0.3 is 15.3 Å². The van der Waals surface area contributed by atoms with Crippen molar-refractivity contribution >= 4 is 28.5 Å². The van der Waals surface area contributed by atoms with E-state index in [1.165, 1.54) is 12.1 Å². The van der Waals surface area contributed by atoms with Gasteiger partial charge in [0, 0.05) is 34.4 Å². The molecule has 106 valence electrons. The van der Waals surface area contributed by atoms with E-state index in [-0.39, 0.29) is 5.75 Å². The predicted molar refractivity (Wildman–Crippen MR) is 82.4 cm³/mol. The Morgan fingerprint density at radius 2 is 2.10 bits per heavy atom. The summed E-state index contributed by atoms with van der Waals surface area (Å²) in [6, 6.07) is 9.84. The molecule has 0 radical (unpaired) electrons. The van der Waals surface area contributed by atoms with Crippen molar-refractivity contribution in [2.75, 3.05) is 5.73 Å². The molecule has 0 fully saturated rings. The highest BCUT2D eigenvalue weighted by Crippen LogP contribution is 2.27. The van der Waals surface area contributed by atoms with Gasteiger partial charge in [-0.05, 0) is 29.8 Å². The number of nitrogens with zero attached hydrogens (tertiary/aromatic N) is 1. The third kappa shape index (κ3) is 3.00. The highest BCUT2D eigenvalue weighted by Gasteiger charge is 2.07. The molecule has 0 unspecified atom stereocenters. The van der Waals surface area contributed by atoms with Crippen LogP contribution in [0.5, 0.6) is 5.75 Å². The lowest BCUT2D eigenvalue weighted by molar-refractivity contribution is 0.473. The molecule has 3 N–H and O–H groups in total. The van der Waals surface area contributed by atoms with Crippen LogP contribution in [0.15, 0.2) is 56.7 Å². The van der Waals surface area contributed by atoms with Crippen LogP contribution < -0.4 is 11.4 Å². The number of benzene rings is 1. The van der Waals surface area contributed by atoms with Gasteiger partial charge in [0.2, 0.25) is 0 Å². The zero-order valence-electron chi connectivity index (χ0n) is 10.9. The number of phenolic OH excluding ortho intramolecular Hbond substituents is 1. The number of hydrogen-bond donors (Lipinski definition) is 2. The third-order valence-corrected chi connectivity index (χ3v) is 4.00. The maximum atomic E-state index is 11.6. The Hall–Kier alpha value is -2.47. The number of pyridine rings is 1. The summed E-state index contributed by atoms with van der Waals surface area (Å²) in [6.45, 7) is 0. The smallest absolute Gasteiger partial charge is 0.336 e. The molecule has 0 saturated carbocycles. The lowest BCUT2D eigenvalue weighted by Crippen LogP contribution is -1.99. The van der Waals surface area contributed by atoms with Crippen molar-refractivity contribution < 1.29 is 9.52 Å². The fraction of sp³-hybridized carbons (Fsp3) is 0.0667. The summed E-state index contributed by atoms with van der Waals surface area (Å²) in [7, 11) is 0. The van der Waals surface area contributed by atoms with Crippen LogP contribution >= 0.6 is 11.8 Å². The van der Waals surface area contributed by atoms with E-state index in [2.05, 4.69) is 4.98 Å². The van der Waals surface area contributed by atoms with Crippen LogP contribution in [0.25, 0.3) is 11.0 Å². The molecule has 5 nitrogen and oxygen atoms in total. The molecule has 1 aromatic carbocycles.